The topological polar surface area (TPSA) is 27.7 Å². The van der Waals surface area contributed by atoms with Crippen LogP contribution >= 0.6 is 0 Å². The molecule has 0 N–H and O–H groups in total. The Morgan fingerprint density at radius 3 is 1.89 bits per heavy atom. The fourth-order valence-electron chi connectivity index (χ4n) is 5.16. The summed E-state index contributed by atoms with van der Waals surface area (Å²) in [5.41, 5.74) is 3.50. The van der Waals surface area contributed by atoms with E-state index in [2.05, 4.69) is 62.0 Å². The van der Waals surface area contributed by atoms with Crippen LogP contribution in [0.3, 0.4) is 0 Å². The van der Waals surface area contributed by atoms with E-state index in [1.54, 1.807) is 0 Å². The van der Waals surface area contributed by atoms with Gasteiger partial charge >= 0.3 is 0 Å². The van der Waals surface area contributed by atoms with Gasteiger partial charge in [-0.2, -0.15) is 0 Å². The van der Waals surface area contributed by atoms with Crippen LogP contribution in [0.1, 0.15) is 115 Å². The second-order valence-electron chi connectivity index (χ2n) is 11.0. The highest BCUT2D eigenvalue weighted by molar-refractivity contribution is 5.64. The smallest absolute Gasteiger partial charge is 0.183 e. The zero-order valence-corrected chi connectivity index (χ0v) is 24.0. The number of benzene rings is 2. The predicted octanol–water partition coefficient (Wildman–Crippen LogP) is 10.5. The van der Waals surface area contributed by atoms with E-state index in [0.29, 0.717) is 5.92 Å². The Morgan fingerprint density at radius 1 is 0.711 bits per heavy atom. The van der Waals surface area contributed by atoms with Crippen molar-refractivity contribution in [3.05, 3.63) is 66.7 Å². The molecule has 0 amide bonds. The second kappa shape index (κ2) is 19.0. The average molecular weight is 521 g/mol. The van der Waals surface area contributed by atoms with Crippen molar-refractivity contribution in [2.75, 3.05) is 19.8 Å². The van der Waals surface area contributed by atoms with Gasteiger partial charge in [0.05, 0.1) is 19.8 Å². The van der Waals surface area contributed by atoms with Crippen LogP contribution in [0, 0.1) is 5.92 Å². The van der Waals surface area contributed by atoms with Crippen molar-refractivity contribution in [2.24, 2.45) is 5.92 Å². The first-order valence-electron chi connectivity index (χ1n) is 15.5. The van der Waals surface area contributed by atoms with Gasteiger partial charge in [-0.25, -0.2) is 0 Å². The van der Waals surface area contributed by atoms with Gasteiger partial charge in [0, 0.05) is 11.5 Å². The molecular weight excluding hydrogens is 468 g/mol. The summed E-state index contributed by atoms with van der Waals surface area (Å²) < 4.78 is 18.1. The van der Waals surface area contributed by atoms with Crippen LogP contribution in [0.25, 0.3) is 11.1 Å². The van der Waals surface area contributed by atoms with E-state index >= 15 is 0 Å². The van der Waals surface area contributed by atoms with Crippen LogP contribution in [-0.2, 0) is 9.47 Å². The lowest BCUT2D eigenvalue weighted by molar-refractivity contribution is -0.206. The first-order chi connectivity index (χ1) is 18.8. The normalized spacial score (nSPS) is 17.4. The van der Waals surface area contributed by atoms with Crippen molar-refractivity contribution in [2.45, 2.75) is 110 Å². The minimum Gasteiger partial charge on any atom is -0.494 e. The predicted molar refractivity (Wildman–Crippen MR) is 161 cm³/mol. The van der Waals surface area contributed by atoms with Crippen LogP contribution in [0.15, 0.2) is 61.2 Å². The maximum Gasteiger partial charge on any atom is 0.183 e. The zero-order chi connectivity index (χ0) is 26.7. The summed E-state index contributed by atoms with van der Waals surface area (Å²) in [5.74, 6) is 1.48. The lowest BCUT2D eigenvalue weighted by Gasteiger charge is -2.29. The standard InChI is InChI=1S/C35H52O3/c1-3-5-7-9-11-12-13-14-16-18-30-28-37-35(38-29-30)33-21-19-31(20-22-33)32-23-25-34(26-24-32)36-27-17-15-10-8-6-4-2/h3,19-26,30,35H,1,4-18,27-29H2,2H3/t30-,35-. The molecule has 1 aliphatic heterocycles. The lowest BCUT2D eigenvalue weighted by atomic mass is 10.00. The Kier molecular flexibility index (Phi) is 15.3. The molecule has 1 heterocycles. The minimum atomic E-state index is -0.242. The molecule has 0 spiro atoms. The van der Waals surface area contributed by atoms with Crippen molar-refractivity contribution in [1.29, 1.82) is 0 Å². The first kappa shape index (κ1) is 30.4. The fraction of sp³-hybridized carbons (Fsp3) is 0.600. The summed E-state index contributed by atoms with van der Waals surface area (Å²) in [7, 11) is 0. The largest absolute Gasteiger partial charge is 0.494 e. The Morgan fingerprint density at radius 2 is 1.26 bits per heavy atom. The summed E-state index contributed by atoms with van der Waals surface area (Å²) in [6.45, 7) is 8.46. The number of hydrogen-bond acceptors (Lipinski definition) is 3. The van der Waals surface area contributed by atoms with Crippen molar-refractivity contribution in [3.8, 4) is 16.9 Å². The van der Waals surface area contributed by atoms with Gasteiger partial charge in [-0.1, -0.05) is 120 Å². The maximum absolute atomic E-state index is 6.10. The Balaban J connectivity index is 1.29. The van der Waals surface area contributed by atoms with Gasteiger partial charge in [-0.05, 0) is 48.9 Å². The zero-order valence-electron chi connectivity index (χ0n) is 24.0. The molecule has 38 heavy (non-hydrogen) atoms. The highest BCUT2D eigenvalue weighted by atomic mass is 16.7. The molecule has 1 fully saturated rings. The monoisotopic (exact) mass is 520 g/mol. The molecule has 0 aliphatic carbocycles. The summed E-state index contributed by atoms with van der Waals surface area (Å²) in [4.78, 5) is 0. The molecule has 3 rings (SSSR count). The molecule has 210 valence electrons. The number of hydrogen-bond donors (Lipinski definition) is 0. The molecule has 0 unspecified atom stereocenters. The highest BCUT2D eigenvalue weighted by Gasteiger charge is 2.23. The third kappa shape index (κ3) is 11.7. The molecule has 2 aromatic rings. The summed E-state index contributed by atoms with van der Waals surface area (Å²) >= 11 is 0. The summed E-state index contributed by atoms with van der Waals surface area (Å²) in [6, 6.07) is 17.1. The van der Waals surface area contributed by atoms with E-state index in [-0.39, 0.29) is 6.29 Å². The summed E-state index contributed by atoms with van der Waals surface area (Å²) in [5, 5.41) is 0. The number of ether oxygens (including phenoxy) is 3. The molecule has 3 nitrogen and oxygen atoms in total. The van der Waals surface area contributed by atoms with Gasteiger partial charge in [0.25, 0.3) is 0 Å². The van der Waals surface area contributed by atoms with E-state index in [4.69, 9.17) is 14.2 Å². The molecule has 1 aliphatic rings. The van der Waals surface area contributed by atoms with Gasteiger partial charge in [0.15, 0.2) is 6.29 Å². The first-order valence-corrected chi connectivity index (χ1v) is 15.5. The van der Waals surface area contributed by atoms with E-state index in [0.717, 1.165) is 44.0 Å². The third-order valence-electron chi connectivity index (χ3n) is 7.62. The van der Waals surface area contributed by atoms with E-state index in [9.17, 15) is 0 Å². The van der Waals surface area contributed by atoms with Crippen LogP contribution < -0.4 is 4.74 Å². The number of allylic oxidation sites excluding steroid dienone is 1. The van der Waals surface area contributed by atoms with E-state index in [1.165, 1.54) is 94.6 Å². The van der Waals surface area contributed by atoms with Crippen molar-refractivity contribution in [3.63, 3.8) is 0 Å². The molecule has 3 heteroatoms. The van der Waals surface area contributed by atoms with Crippen LogP contribution in [0.2, 0.25) is 0 Å². The molecule has 0 aromatic heterocycles. The third-order valence-corrected chi connectivity index (χ3v) is 7.62. The molecule has 0 radical (unpaired) electrons. The quantitative estimate of drug-likeness (QED) is 0.128. The van der Waals surface area contributed by atoms with Gasteiger partial charge in [-0.3, -0.25) is 0 Å². The molecule has 2 aromatic carbocycles. The van der Waals surface area contributed by atoms with Crippen LogP contribution in [0.5, 0.6) is 5.75 Å². The van der Waals surface area contributed by atoms with E-state index < -0.39 is 0 Å². The van der Waals surface area contributed by atoms with Gasteiger partial charge in [-0.15, -0.1) is 6.58 Å². The van der Waals surface area contributed by atoms with Crippen LogP contribution in [0.4, 0.5) is 0 Å². The number of rotatable bonds is 20. The maximum atomic E-state index is 6.10. The van der Waals surface area contributed by atoms with Crippen LogP contribution in [-0.4, -0.2) is 19.8 Å². The fourth-order valence-corrected chi connectivity index (χ4v) is 5.16. The lowest BCUT2D eigenvalue weighted by Crippen LogP contribution is -2.27. The van der Waals surface area contributed by atoms with Gasteiger partial charge < -0.3 is 14.2 Å². The second-order valence-corrected chi connectivity index (χ2v) is 11.0. The Bertz CT molecular complexity index is 850. The van der Waals surface area contributed by atoms with Crippen molar-refractivity contribution in [1.82, 2.24) is 0 Å². The molecule has 1 saturated heterocycles. The molecule has 0 atom stereocenters. The Hall–Kier alpha value is -2.10. The number of unbranched alkanes of at least 4 members (excludes halogenated alkanes) is 12. The Labute approximate surface area is 233 Å². The van der Waals surface area contributed by atoms with E-state index in [1.807, 2.05) is 6.08 Å². The SMILES string of the molecule is C=CCCCCCCCCC[C@H]1CO[C@H](c2ccc(-c3ccc(OCCCCCCCC)cc3)cc2)OC1. The minimum absolute atomic E-state index is 0.242. The molecular formula is C35H52O3. The van der Waals surface area contributed by atoms with Crippen molar-refractivity contribution >= 4 is 0 Å². The highest BCUT2D eigenvalue weighted by Crippen LogP contribution is 2.30. The van der Waals surface area contributed by atoms with Crippen molar-refractivity contribution < 1.29 is 14.2 Å². The van der Waals surface area contributed by atoms with Gasteiger partial charge in [0.1, 0.15) is 5.75 Å². The average Bonchev–Trinajstić information content (AvgIpc) is 2.97. The van der Waals surface area contributed by atoms with Gasteiger partial charge in [0.2, 0.25) is 0 Å². The summed E-state index contributed by atoms with van der Waals surface area (Å²) in [6.07, 6.45) is 21.2. The molecule has 0 saturated carbocycles. The molecule has 0 bridgehead atoms.